The molecule has 0 bridgehead atoms. The van der Waals surface area contributed by atoms with Gasteiger partial charge in [0.2, 0.25) is 0 Å². The van der Waals surface area contributed by atoms with Crippen LogP contribution >= 0.6 is 11.8 Å². The summed E-state index contributed by atoms with van der Waals surface area (Å²) in [6.45, 7) is 0.952. The highest BCUT2D eigenvalue weighted by molar-refractivity contribution is 7.99. The standard InChI is InChI=1S/C10H8N2OS/c13-9-7-3-1-2-4-8(7)12-5-6-14-10(12)11-9/h1-4H,5-6H2. The number of nitrogens with zero attached hydrogens (tertiary/aromatic N) is 2. The van der Waals surface area contributed by atoms with Crippen molar-refractivity contribution in [2.75, 3.05) is 5.75 Å². The molecular formula is C10H8N2OS. The lowest BCUT2D eigenvalue weighted by molar-refractivity contribution is 0.709. The zero-order valence-electron chi connectivity index (χ0n) is 7.43. The Morgan fingerprint density at radius 2 is 2.21 bits per heavy atom. The monoisotopic (exact) mass is 204 g/mol. The average Bonchev–Trinajstić information content (AvgIpc) is 2.66. The van der Waals surface area contributed by atoms with Crippen LogP contribution in [0.5, 0.6) is 0 Å². The van der Waals surface area contributed by atoms with Crippen LogP contribution in [0.15, 0.2) is 34.2 Å². The molecule has 0 N–H and O–H groups in total. The predicted molar refractivity (Wildman–Crippen MR) is 56.7 cm³/mol. The van der Waals surface area contributed by atoms with Crippen LogP contribution < -0.4 is 5.56 Å². The fourth-order valence-corrected chi connectivity index (χ4v) is 2.70. The molecule has 70 valence electrons. The van der Waals surface area contributed by atoms with Crippen molar-refractivity contribution in [3.63, 3.8) is 0 Å². The third-order valence-electron chi connectivity index (χ3n) is 2.40. The van der Waals surface area contributed by atoms with E-state index in [0.717, 1.165) is 28.4 Å². The Bertz CT molecular complexity index is 562. The third kappa shape index (κ3) is 1.00. The molecule has 3 nitrogen and oxygen atoms in total. The summed E-state index contributed by atoms with van der Waals surface area (Å²) in [6.07, 6.45) is 0. The molecule has 1 aliphatic heterocycles. The molecule has 0 saturated carbocycles. The van der Waals surface area contributed by atoms with Crippen LogP contribution in [-0.2, 0) is 6.54 Å². The van der Waals surface area contributed by atoms with Crippen molar-refractivity contribution >= 4 is 22.7 Å². The van der Waals surface area contributed by atoms with E-state index in [4.69, 9.17) is 0 Å². The minimum Gasteiger partial charge on any atom is -0.319 e. The minimum atomic E-state index is -0.110. The normalized spacial score (nSPS) is 14.6. The second kappa shape index (κ2) is 2.85. The molecule has 2 aromatic rings. The molecule has 14 heavy (non-hydrogen) atoms. The number of hydrogen-bond donors (Lipinski definition) is 0. The van der Waals surface area contributed by atoms with Gasteiger partial charge in [0.25, 0.3) is 5.56 Å². The Hall–Kier alpha value is -1.29. The molecular weight excluding hydrogens is 196 g/mol. The zero-order valence-corrected chi connectivity index (χ0v) is 8.25. The van der Waals surface area contributed by atoms with Crippen LogP contribution in [0.3, 0.4) is 0 Å². The summed E-state index contributed by atoms with van der Waals surface area (Å²) < 4.78 is 2.11. The highest BCUT2D eigenvalue weighted by Crippen LogP contribution is 2.25. The number of hydrogen-bond acceptors (Lipinski definition) is 3. The van der Waals surface area contributed by atoms with Gasteiger partial charge in [-0.1, -0.05) is 23.9 Å². The summed E-state index contributed by atoms with van der Waals surface area (Å²) in [5, 5.41) is 1.58. The number of fused-ring (bicyclic) bond motifs is 3. The zero-order chi connectivity index (χ0) is 9.54. The quantitative estimate of drug-likeness (QED) is 0.610. The number of benzene rings is 1. The van der Waals surface area contributed by atoms with Gasteiger partial charge in [-0.05, 0) is 12.1 Å². The van der Waals surface area contributed by atoms with Gasteiger partial charge in [0, 0.05) is 12.3 Å². The predicted octanol–water partition coefficient (Wildman–Crippen LogP) is 1.50. The summed E-state index contributed by atoms with van der Waals surface area (Å²) in [7, 11) is 0. The molecule has 0 unspecified atom stereocenters. The van der Waals surface area contributed by atoms with Crippen molar-refractivity contribution in [2.24, 2.45) is 0 Å². The van der Waals surface area contributed by atoms with Crippen LogP contribution in [0, 0.1) is 0 Å². The first-order valence-electron chi connectivity index (χ1n) is 4.48. The number of aromatic nitrogens is 2. The van der Waals surface area contributed by atoms with E-state index in [0.29, 0.717) is 0 Å². The van der Waals surface area contributed by atoms with Gasteiger partial charge < -0.3 is 4.57 Å². The fourth-order valence-electron chi connectivity index (χ4n) is 1.75. The topological polar surface area (TPSA) is 34.9 Å². The molecule has 0 fully saturated rings. The lowest BCUT2D eigenvalue weighted by atomic mass is 10.2. The largest absolute Gasteiger partial charge is 0.319 e. The molecule has 3 rings (SSSR count). The van der Waals surface area contributed by atoms with Gasteiger partial charge in [0.05, 0.1) is 10.9 Å². The molecule has 0 saturated heterocycles. The molecule has 0 radical (unpaired) electrons. The Labute approximate surface area is 84.8 Å². The van der Waals surface area contributed by atoms with Crippen LogP contribution in [0.4, 0.5) is 0 Å². The van der Waals surface area contributed by atoms with Crippen molar-refractivity contribution in [2.45, 2.75) is 11.7 Å². The Kier molecular flexibility index (Phi) is 1.64. The summed E-state index contributed by atoms with van der Waals surface area (Å²) in [6, 6.07) is 7.65. The lowest BCUT2D eigenvalue weighted by Gasteiger charge is -2.05. The second-order valence-electron chi connectivity index (χ2n) is 3.22. The fraction of sp³-hybridized carbons (Fsp3) is 0.200. The van der Waals surface area contributed by atoms with Crippen molar-refractivity contribution in [3.8, 4) is 0 Å². The number of thioether (sulfide) groups is 1. The SMILES string of the molecule is O=c1nc2n(c3ccccc13)CCS2. The first kappa shape index (κ1) is 8.05. The molecule has 1 aromatic heterocycles. The van der Waals surface area contributed by atoms with Crippen molar-refractivity contribution in [1.29, 1.82) is 0 Å². The molecule has 0 aliphatic carbocycles. The second-order valence-corrected chi connectivity index (χ2v) is 4.28. The van der Waals surface area contributed by atoms with E-state index in [9.17, 15) is 4.79 Å². The van der Waals surface area contributed by atoms with E-state index in [1.165, 1.54) is 0 Å². The van der Waals surface area contributed by atoms with E-state index in [1.807, 2.05) is 24.3 Å². The Morgan fingerprint density at radius 3 is 3.14 bits per heavy atom. The van der Waals surface area contributed by atoms with E-state index < -0.39 is 0 Å². The van der Waals surface area contributed by atoms with Crippen molar-refractivity contribution in [1.82, 2.24) is 9.55 Å². The third-order valence-corrected chi connectivity index (χ3v) is 3.36. The smallest absolute Gasteiger partial charge is 0.281 e. The molecule has 0 amide bonds. The van der Waals surface area contributed by atoms with Crippen LogP contribution in [-0.4, -0.2) is 15.3 Å². The maximum Gasteiger partial charge on any atom is 0.281 e. The number of aryl methyl sites for hydroxylation is 1. The average molecular weight is 204 g/mol. The van der Waals surface area contributed by atoms with Gasteiger partial charge in [0.15, 0.2) is 5.16 Å². The summed E-state index contributed by atoms with van der Waals surface area (Å²) in [5.74, 6) is 1.01. The van der Waals surface area contributed by atoms with Crippen LogP contribution in [0.25, 0.3) is 10.9 Å². The van der Waals surface area contributed by atoms with Gasteiger partial charge in [-0.25, -0.2) is 0 Å². The van der Waals surface area contributed by atoms with Gasteiger partial charge >= 0.3 is 0 Å². The summed E-state index contributed by atoms with van der Waals surface area (Å²) in [4.78, 5) is 15.7. The maximum atomic E-state index is 11.6. The lowest BCUT2D eigenvalue weighted by Crippen LogP contribution is -2.12. The minimum absolute atomic E-state index is 0.110. The van der Waals surface area contributed by atoms with Crippen LogP contribution in [0.2, 0.25) is 0 Å². The van der Waals surface area contributed by atoms with Gasteiger partial charge in [-0.15, -0.1) is 0 Å². The molecule has 2 heterocycles. The summed E-state index contributed by atoms with van der Waals surface area (Å²) in [5.41, 5.74) is 0.897. The van der Waals surface area contributed by atoms with E-state index in [2.05, 4.69) is 9.55 Å². The van der Waals surface area contributed by atoms with Gasteiger partial charge in [-0.2, -0.15) is 4.98 Å². The maximum absolute atomic E-state index is 11.6. The number of para-hydroxylation sites is 1. The first-order chi connectivity index (χ1) is 6.86. The van der Waals surface area contributed by atoms with Crippen molar-refractivity contribution in [3.05, 3.63) is 34.6 Å². The number of rotatable bonds is 0. The Balaban J connectivity index is 2.53. The van der Waals surface area contributed by atoms with Gasteiger partial charge in [-0.3, -0.25) is 4.79 Å². The van der Waals surface area contributed by atoms with E-state index >= 15 is 0 Å². The molecule has 4 heteroatoms. The molecule has 1 aromatic carbocycles. The molecule has 0 spiro atoms. The van der Waals surface area contributed by atoms with E-state index in [-0.39, 0.29) is 5.56 Å². The summed E-state index contributed by atoms with van der Waals surface area (Å²) >= 11 is 1.65. The highest BCUT2D eigenvalue weighted by Gasteiger charge is 2.15. The van der Waals surface area contributed by atoms with Crippen molar-refractivity contribution < 1.29 is 0 Å². The van der Waals surface area contributed by atoms with E-state index in [1.54, 1.807) is 11.8 Å². The first-order valence-corrected chi connectivity index (χ1v) is 5.47. The Morgan fingerprint density at radius 1 is 1.36 bits per heavy atom. The highest BCUT2D eigenvalue weighted by atomic mass is 32.2. The molecule has 1 aliphatic rings. The van der Waals surface area contributed by atoms with Crippen LogP contribution in [0.1, 0.15) is 0 Å². The van der Waals surface area contributed by atoms with Gasteiger partial charge in [0.1, 0.15) is 0 Å². The molecule has 0 atom stereocenters.